The van der Waals surface area contributed by atoms with Crippen LogP contribution >= 0.6 is 0 Å². The molecule has 12 heavy (non-hydrogen) atoms. The molecular weight excluding hydrogens is 150 g/mol. The maximum Gasteiger partial charge on any atom is 0.227 e. The Kier molecular flexibility index (Phi) is 1.78. The van der Waals surface area contributed by atoms with Crippen LogP contribution < -0.4 is 5.32 Å². The van der Waals surface area contributed by atoms with E-state index in [0.29, 0.717) is 5.95 Å². The van der Waals surface area contributed by atoms with E-state index in [4.69, 9.17) is 0 Å². The molecule has 0 unspecified atom stereocenters. The quantitative estimate of drug-likeness (QED) is 0.713. The van der Waals surface area contributed by atoms with Crippen molar-refractivity contribution in [3.05, 3.63) is 42.7 Å². The molecule has 0 saturated carbocycles. The highest BCUT2D eigenvalue weighted by atomic mass is 15.1. The van der Waals surface area contributed by atoms with Crippen LogP contribution in [-0.2, 0) is 0 Å². The molecule has 1 radical (unpaired) electrons. The monoisotopic (exact) mass is 158 g/mol. The number of nitrogens with zero attached hydrogens (tertiary/aromatic N) is 2. The van der Waals surface area contributed by atoms with Crippen molar-refractivity contribution in [3.8, 4) is 0 Å². The number of para-hydroxylation sites is 1. The van der Waals surface area contributed by atoms with Gasteiger partial charge >= 0.3 is 0 Å². The number of nitrogens with one attached hydrogen (secondary N) is 1. The molecule has 59 valence electrons. The zero-order chi connectivity index (χ0) is 8.23. The van der Waals surface area contributed by atoms with E-state index in [1.807, 2.05) is 30.3 Å². The van der Waals surface area contributed by atoms with E-state index >= 15 is 0 Å². The lowest BCUT2D eigenvalue weighted by Crippen LogP contribution is -1.89. The van der Waals surface area contributed by atoms with Gasteiger partial charge in [0.25, 0.3) is 0 Å². The summed E-state index contributed by atoms with van der Waals surface area (Å²) in [5.41, 5.74) is 0.910. The third kappa shape index (κ3) is 1.45. The number of aromatic nitrogens is 2. The summed E-state index contributed by atoms with van der Waals surface area (Å²) in [5, 5.41) is 4.23. The lowest BCUT2D eigenvalue weighted by Gasteiger charge is -1.96. The lowest BCUT2D eigenvalue weighted by atomic mass is 10.3. The summed E-state index contributed by atoms with van der Waals surface area (Å²) in [6, 6.07) is 9.72. The normalized spacial score (nSPS) is 9.67. The zero-order valence-electron chi connectivity index (χ0n) is 6.44. The molecule has 1 aromatic carbocycles. The average molecular weight is 158 g/mol. The lowest BCUT2D eigenvalue weighted by molar-refractivity contribution is 1.06. The maximum absolute atomic E-state index is 4.23. The third-order valence-corrected chi connectivity index (χ3v) is 1.47. The van der Waals surface area contributed by atoms with Crippen LogP contribution in [0.1, 0.15) is 0 Å². The summed E-state index contributed by atoms with van der Waals surface area (Å²) >= 11 is 0. The first kappa shape index (κ1) is 6.91. The van der Waals surface area contributed by atoms with Gasteiger partial charge in [0.2, 0.25) is 5.95 Å². The number of hydrogen-bond acceptors (Lipinski definition) is 1. The van der Waals surface area contributed by atoms with Crippen LogP contribution in [-0.4, -0.2) is 9.97 Å². The fourth-order valence-electron chi connectivity index (χ4n) is 0.943. The Labute approximate surface area is 70.5 Å². The van der Waals surface area contributed by atoms with Crippen molar-refractivity contribution in [2.45, 2.75) is 0 Å². The van der Waals surface area contributed by atoms with Crippen LogP contribution in [0.3, 0.4) is 0 Å². The van der Waals surface area contributed by atoms with E-state index in [2.05, 4.69) is 15.3 Å². The Morgan fingerprint density at radius 3 is 2.67 bits per heavy atom. The van der Waals surface area contributed by atoms with Gasteiger partial charge in [-0.1, -0.05) is 18.2 Å². The minimum Gasteiger partial charge on any atom is -0.329 e. The number of H-pyrrole nitrogens is 1. The molecule has 1 aromatic heterocycles. The highest BCUT2D eigenvalue weighted by Crippen LogP contribution is 2.10. The summed E-state index contributed by atoms with van der Waals surface area (Å²) < 4.78 is 0. The average Bonchev–Trinajstić information content (AvgIpc) is 2.59. The Hall–Kier alpha value is -1.77. The Morgan fingerprint density at radius 2 is 2.00 bits per heavy atom. The largest absolute Gasteiger partial charge is 0.329 e. The van der Waals surface area contributed by atoms with Crippen LogP contribution in [0.25, 0.3) is 0 Å². The number of rotatable bonds is 2. The van der Waals surface area contributed by atoms with E-state index in [0.717, 1.165) is 5.69 Å². The molecular formula is C9H8N3. The predicted octanol–water partition coefficient (Wildman–Crippen LogP) is 1.98. The van der Waals surface area contributed by atoms with Crippen molar-refractivity contribution in [3.63, 3.8) is 0 Å². The van der Waals surface area contributed by atoms with Gasteiger partial charge in [0.1, 0.15) is 0 Å². The second-order valence-electron chi connectivity index (χ2n) is 2.36. The minimum atomic E-state index is 0.640. The Bertz CT molecular complexity index is 326. The first-order valence-corrected chi connectivity index (χ1v) is 3.71. The standard InChI is InChI=1S/C9H8N3/c1-2-4-8(5-3-1)12-9-10-6-7-11-9/h1-7H,(H,10,11). The van der Waals surface area contributed by atoms with Gasteiger partial charge < -0.3 is 4.98 Å². The van der Waals surface area contributed by atoms with Crippen LogP contribution in [0.5, 0.6) is 0 Å². The molecule has 3 heteroatoms. The van der Waals surface area contributed by atoms with E-state index in [9.17, 15) is 0 Å². The van der Waals surface area contributed by atoms with Gasteiger partial charge in [-0.2, -0.15) is 0 Å². The minimum absolute atomic E-state index is 0.640. The van der Waals surface area contributed by atoms with Gasteiger partial charge in [-0.25, -0.2) is 10.3 Å². The third-order valence-electron chi connectivity index (χ3n) is 1.47. The second-order valence-corrected chi connectivity index (χ2v) is 2.36. The second kappa shape index (κ2) is 3.09. The molecule has 0 spiro atoms. The molecule has 0 amide bonds. The zero-order valence-corrected chi connectivity index (χ0v) is 6.44. The molecule has 0 bridgehead atoms. The summed E-state index contributed by atoms with van der Waals surface area (Å²) in [4.78, 5) is 6.90. The number of hydrogen-bond donors (Lipinski definition) is 1. The van der Waals surface area contributed by atoms with Crippen LogP contribution in [0.2, 0.25) is 0 Å². The van der Waals surface area contributed by atoms with Crippen LogP contribution in [0.4, 0.5) is 11.6 Å². The Morgan fingerprint density at radius 1 is 1.17 bits per heavy atom. The molecule has 2 aromatic rings. The molecule has 1 N–H and O–H groups in total. The molecule has 0 saturated heterocycles. The van der Waals surface area contributed by atoms with Crippen molar-refractivity contribution >= 4 is 11.6 Å². The molecule has 2 rings (SSSR count). The molecule has 1 heterocycles. The summed E-state index contributed by atoms with van der Waals surface area (Å²) in [6.45, 7) is 0. The molecule has 0 aliphatic carbocycles. The van der Waals surface area contributed by atoms with Gasteiger partial charge in [0.15, 0.2) is 0 Å². The van der Waals surface area contributed by atoms with Gasteiger partial charge in [-0.05, 0) is 12.1 Å². The molecule has 0 aliphatic rings. The summed E-state index contributed by atoms with van der Waals surface area (Å²) in [5.74, 6) is 0.640. The maximum atomic E-state index is 4.23. The number of aromatic amines is 1. The van der Waals surface area contributed by atoms with Crippen molar-refractivity contribution in [1.29, 1.82) is 0 Å². The fraction of sp³-hybridized carbons (Fsp3) is 0. The van der Waals surface area contributed by atoms with E-state index in [1.54, 1.807) is 12.4 Å². The van der Waals surface area contributed by atoms with Crippen LogP contribution in [0, 0.1) is 0 Å². The number of benzene rings is 1. The van der Waals surface area contributed by atoms with Crippen LogP contribution in [0.15, 0.2) is 42.7 Å². The highest BCUT2D eigenvalue weighted by molar-refractivity contribution is 5.41. The van der Waals surface area contributed by atoms with Crippen molar-refractivity contribution < 1.29 is 0 Å². The van der Waals surface area contributed by atoms with Crippen molar-refractivity contribution in [2.24, 2.45) is 0 Å². The van der Waals surface area contributed by atoms with Crippen molar-refractivity contribution in [2.75, 3.05) is 0 Å². The van der Waals surface area contributed by atoms with Crippen molar-refractivity contribution in [1.82, 2.24) is 15.3 Å². The molecule has 0 aliphatic heterocycles. The van der Waals surface area contributed by atoms with Gasteiger partial charge in [0.05, 0.1) is 5.69 Å². The molecule has 3 nitrogen and oxygen atoms in total. The first-order valence-electron chi connectivity index (χ1n) is 3.71. The smallest absolute Gasteiger partial charge is 0.227 e. The van der Waals surface area contributed by atoms with E-state index in [1.165, 1.54) is 0 Å². The Balaban J connectivity index is 2.15. The summed E-state index contributed by atoms with van der Waals surface area (Å²) in [6.07, 6.45) is 3.43. The van der Waals surface area contributed by atoms with Gasteiger partial charge in [-0.3, -0.25) is 0 Å². The van der Waals surface area contributed by atoms with E-state index in [-0.39, 0.29) is 0 Å². The first-order chi connectivity index (χ1) is 5.95. The highest BCUT2D eigenvalue weighted by Gasteiger charge is 1.95. The van der Waals surface area contributed by atoms with E-state index < -0.39 is 0 Å². The van der Waals surface area contributed by atoms with Gasteiger partial charge in [-0.15, -0.1) is 0 Å². The predicted molar refractivity (Wildman–Crippen MR) is 46.5 cm³/mol. The SMILES string of the molecule is c1ccc([N]c2ncc[nH]2)cc1. The molecule has 0 fully saturated rings. The fourth-order valence-corrected chi connectivity index (χ4v) is 0.943. The number of imidazole rings is 1. The van der Waals surface area contributed by atoms with Gasteiger partial charge in [0, 0.05) is 12.4 Å². The summed E-state index contributed by atoms with van der Waals surface area (Å²) in [7, 11) is 0. The topological polar surface area (TPSA) is 42.8 Å². The molecule has 0 atom stereocenters.